The Labute approximate surface area is 111 Å². The van der Waals surface area contributed by atoms with Gasteiger partial charge in [-0.1, -0.05) is 19.8 Å². The zero-order chi connectivity index (χ0) is 12.0. The molecule has 0 heterocycles. The van der Waals surface area contributed by atoms with E-state index in [0.29, 0.717) is 5.41 Å². The highest BCUT2D eigenvalue weighted by Gasteiger charge is 2.34. The molecule has 96 valence electrons. The molecule has 1 saturated carbocycles. The van der Waals surface area contributed by atoms with E-state index in [-0.39, 0.29) is 0 Å². The van der Waals surface area contributed by atoms with Crippen LogP contribution in [0, 0.1) is 5.41 Å². The standard InChI is InChI=1S/C13H27NS2/c1-4-12(9-16-3)14(2)10-13(11-15)7-5-6-8-13/h12,15H,4-11H2,1-3H3. The maximum absolute atomic E-state index is 4.59. The molecule has 0 bridgehead atoms. The van der Waals surface area contributed by atoms with Gasteiger partial charge in [-0.3, -0.25) is 0 Å². The van der Waals surface area contributed by atoms with Gasteiger partial charge in [0.1, 0.15) is 0 Å². The summed E-state index contributed by atoms with van der Waals surface area (Å²) in [6.45, 7) is 3.55. The first-order valence-electron chi connectivity index (χ1n) is 6.47. The summed E-state index contributed by atoms with van der Waals surface area (Å²) in [4.78, 5) is 2.58. The largest absolute Gasteiger partial charge is 0.302 e. The highest BCUT2D eigenvalue weighted by Crippen LogP contribution is 2.39. The molecule has 0 N–H and O–H groups in total. The Kier molecular flexibility index (Phi) is 6.60. The molecule has 1 aliphatic carbocycles. The average molecular weight is 262 g/mol. The van der Waals surface area contributed by atoms with E-state index >= 15 is 0 Å². The monoisotopic (exact) mass is 261 g/mol. The zero-order valence-electron chi connectivity index (χ0n) is 11.0. The SMILES string of the molecule is CCC(CSC)N(C)CC1(CS)CCCC1. The number of nitrogens with zero attached hydrogens (tertiary/aromatic N) is 1. The lowest BCUT2D eigenvalue weighted by atomic mass is 9.87. The quantitative estimate of drug-likeness (QED) is 0.698. The van der Waals surface area contributed by atoms with Crippen LogP contribution in [-0.2, 0) is 0 Å². The summed E-state index contributed by atoms with van der Waals surface area (Å²) in [5.41, 5.74) is 0.518. The van der Waals surface area contributed by atoms with Crippen LogP contribution in [0.2, 0.25) is 0 Å². The number of hydrogen-bond acceptors (Lipinski definition) is 3. The molecule has 1 unspecified atom stereocenters. The first kappa shape index (κ1) is 14.7. The van der Waals surface area contributed by atoms with Gasteiger partial charge in [-0.05, 0) is 43.7 Å². The Bertz CT molecular complexity index is 190. The molecule has 1 rings (SSSR count). The number of thioether (sulfide) groups is 1. The van der Waals surface area contributed by atoms with Gasteiger partial charge in [-0.25, -0.2) is 0 Å². The minimum absolute atomic E-state index is 0.518. The summed E-state index contributed by atoms with van der Waals surface area (Å²) in [6, 6.07) is 0.743. The number of hydrogen-bond donors (Lipinski definition) is 1. The lowest BCUT2D eigenvalue weighted by Crippen LogP contribution is -2.42. The van der Waals surface area contributed by atoms with Crippen molar-refractivity contribution >= 4 is 24.4 Å². The first-order chi connectivity index (χ1) is 7.67. The van der Waals surface area contributed by atoms with Gasteiger partial charge >= 0.3 is 0 Å². The molecule has 0 saturated heterocycles. The topological polar surface area (TPSA) is 3.24 Å². The second-order valence-corrected chi connectivity index (χ2v) is 6.52. The van der Waals surface area contributed by atoms with E-state index in [2.05, 4.69) is 37.8 Å². The van der Waals surface area contributed by atoms with Crippen molar-refractivity contribution in [2.24, 2.45) is 5.41 Å². The molecule has 0 aliphatic heterocycles. The lowest BCUT2D eigenvalue weighted by molar-refractivity contribution is 0.162. The molecule has 0 amide bonds. The third-order valence-corrected chi connectivity index (χ3v) is 5.43. The van der Waals surface area contributed by atoms with Crippen molar-refractivity contribution in [3.63, 3.8) is 0 Å². The average Bonchev–Trinajstić information content (AvgIpc) is 2.75. The van der Waals surface area contributed by atoms with Gasteiger partial charge in [0.2, 0.25) is 0 Å². The lowest BCUT2D eigenvalue weighted by Gasteiger charge is -2.36. The van der Waals surface area contributed by atoms with E-state index in [1.807, 2.05) is 11.8 Å². The van der Waals surface area contributed by atoms with Crippen molar-refractivity contribution in [3.05, 3.63) is 0 Å². The normalized spacial score (nSPS) is 21.6. The van der Waals surface area contributed by atoms with E-state index in [9.17, 15) is 0 Å². The Morgan fingerprint density at radius 2 is 2.00 bits per heavy atom. The molecule has 0 aromatic heterocycles. The van der Waals surface area contributed by atoms with Gasteiger partial charge < -0.3 is 4.90 Å². The van der Waals surface area contributed by atoms with Crippen LogP contribution >= 0.6 is 24.4 Å². The molecule has 16 heavy (non-hydrogen) atoms. The van der Waals surface area contributed by atoms with Crippen molar-refractivity contribution in [3.8, 4) is 0 Å². The Morgan fingerprint density at radius 1 is 1.38 bits per heavy atom. The van der Waals surface area contributed by atoms with Gasteiger partial charge in [0, 0.05) is 18.3 Å². The smallest absolute Gasteiger partial charge is 0.0180 e. The summed E-state index contributed by atoms with van der Waals surface area (Å²) < 4.78 is 0. The Balaban J connectivity index is 2.49. The van der Waals surface area contributed by atoms with E-state index < -0.39 is 0 Å². The van der Waals surface area contributed by atoms with Gasteiger partial charge in [0.05, 0.1) is 0 Å². The van der Waals surface area contributed by atoms with Crippen molar-refractivity contribution in [2.75, 3.05) is 31.4 Å². The van der Waals surface area contributed by atoms with Crippen LogP contribution in [-0.4, -0.2) is 42.3 Å². The summed E-state index contributed by atoms with van der Waals surface area (Å²) in [6.07, 6.45) is 9.06. The van der Waals surface area contributed by atoms with Crippen LogP contribution in [0.3, 0.4) is 0 Å². The fourth-order valence-electron chi connectivity index (χ4n) is 2.90. The molecular weight excluding hydrogens is 234 g/mol. The molecule has 1 fully saturated rings. The molecule has 1 nitrogen and oxygen atoms in total. The molecule has 0 radical (unpaired) electrons. The highest BCUT2D eigenvalue weighted by molar-refractivity contribution is 7.98. The minimum atomic E-state index is 0.518. The second-order valence-electron chi connectivity index (χ2n) is 5.30. The molecule has 0 aromatic carbocycles. The third-order valence-electron chi connectivity index (χ3n) is 4.04. The summed E-state index contributed by atoms with van der Waals surface area (Å²) in [5, 5.41) is 0. The van der Waals surface area contributed by atoms with Crippen molar-refractivity contribution < 1.29 is 0 Å². The summed E-state index contributed by atoms with van der Waals surface area (Å²) in [7, 11) is 2.30. The van der Waals surface area contributed by atoms with Crippen LogP contribution < -0.4 is 0 Å². The fourth-order valence-corrected chi connectivity index (χ4v) is 4.19. The predicted octanol–water partition coefficient (Wildman–Crippen LogP) is 3.55. The predicted molar refractivity (Wildman–Crippen MR) is 79.8 cm³/mol. The molecule has 3 heteroatoms. The Hall–Kier alpha value is 0.660. The van der Waals surface area contributed by atoms with Crippen LogP contribution in [0.15, 0.2) is 0 Å². The maximum Gasteiger partial charge on any atom is 0.0180 e. The molecular formula is C13H27NS2. The minimum Gasteiger partial charge on any atom is -0.302 e. The maximum atomic E-state index is 4.59. The van der Waals surface area contributed by atoms with E-state index in [1.165, 1.54) is 44.4 Å². The van der Waals surface area contributed by atoms with Crippen molar-refractivity contribution in [2.45, 2.75) is 45.1 Å². The van der Waals surface area contributed by atoms with E-state index in [0.717, 1.165) is 11.8 Å². The molecule has 0 spiro atoms. The van der Waals surface area contributed by atoms with Crippen LogP contribution in [0.1, 0.15) is 39.0 Å². The number of thiol groups is 1. The van der Waals surface area contributed by atoms with Crippen molar-refractivity contribution in [1.29, 1.82) is 0 Å². The zero-order valence-corrected chi connectivity index (χ0v) is 12.7. The van der Waals surface area contributed by atoms with E-state index in [1.54, 1.807) is 0 Å². The van der Waals surface area contributed by atoms with Gasteiger partial charge in [-0.2, -0.15) is 24.4 Å². The second kappa shape index (κ2) is 7.17. The van der Waals surface area contributed by atoms with Gasteiger partial charge in [0.15, 0.2) is 0 Å². The van der Waals surface area contributed by atoms with Crippen LogP contribution in [0.25, 0.3) is 0 Å². The molecule has 1 atom stereocenters. The molecule has 0 aromatic rings. The van der Waals surface area contributed by atoms with Gasteiger partial charge in [-0.15, -0.1) is 0 Å². The summed E-state index contributed by atoms with van der Waals surface area (Å²) >= 11 is 6.56. The Morgan fingerprint density at radius 3 is 2.44 bits per heavy atom. The van der Waals surface area contributed by atoms with Gasteiger partial charge in [0.25, 0.3) is 0 Å². The summed E-state index contributed by atoms with van der Waals surface area (Å²) in [5.74, 6) is 2.32. The van der Waals surface area contributed by atoms with E-state index in [4.69, 9.17) is 0 Å². The first-order valence-corrected chi connectivity index (χ1v) is 8.50. The van der Waals surface area contributed by atoms with Crippen molar-refractivity contribution in [1.82, 2.24) is 4.90 Å². The molecule has 1 aliphatic rings. The van der Waals surface area contributed by atoms with Crippen LogP contribution in [0.5, 0.6) is 0 Å². The number of rotatable bonds is 7. The highest BCUT2D eigenvalue weighted by atomic mass is 32.2. The third kappa shape index (κ3) is 3.85. The fraction of sp³-hybridized carbons (Fsp3) is 1.00. The van der Waals surface area contributed by atoms with Crippen LogP contribution in [0.4, 0.5) is 0 Å².